The van der Waals surface area contributed by atoms with Crippen molar-refractivity contribution in [3.63, 3.8) is 0 Å². The molecule has 0 aliphatic heterocycles. The van der Waals surface area contributed by atoms with Crippen LogP contribution in [0.25, 0.3) is 0 Å². The van der Waals surface area contributed by atoms with E-state index < -0.39 is 0 Å². The maximum absolute atomic E-state index is 5.74. The lowest BCUT2D eigenvalue weighted by Gasteiger charge is -2.14. The molecule has 1 heterocycles. The number of benzene rings is 1. The van der Waals surface area contributed by atoms with Crippen LogP contribution < -0.4 is 14.8 Å². The van der Waals surface area contributed by atoms with E-state index in [2.05, 4.69) is 34.2 Å². The van der Waals surface area contributed by atoms with E-state index in [1.54, 1.807) is 7.11 Å². The molecule has 0 bridgehead atoms. The number of ether oxygens (including phenoxy) is 2. The maximum Gasteiger partial charge on any atom is 0.161 e. The third-order valence-electron chi connectivity index (χ3n) is 3.75. The predicted molar refractivity (Wildman–Crippen MR) is 96.8 cm³/mol. The van der Waals surface area contributed by atoms with E-state index in [0.29, 0.717) is 0 Å². The lowest BCUT2D eigenvalue weighted by molar-refractivity contribution is 0.230. The first kappa shape index (κ1) is 18.3. The summed E-state index contributed by atoms with van der Waals surface area (Å²) in [7, 11) is 1.67. The van der Waals surface area contributed by atoms with Gasteiger partial charge in [0.25, 0.3) is 0 Å². The van der Waals surface area contributed by atoms with Gasteiger partial charge in [-0.15, -0.1) is 0 Å². The smallest absolute Gasteiger partial charge is 0.161 e. The van der Waals surface area contributed by atoms with Gasteiger partial charge in [-0.2, -0.15) is 5.10 Å². The Kier molecular flexibility index (Phi) is 6.67. The van der Waals surface area contributed by atoms with E-state index in [0.717, 1.165) is 43.2 Å². The quantitative estimate of drug-likeness (QED) is 0.715. The Bertz CT molecular complexity index is 650. The Morgan fingerprint density at radius 3 is 2.58 bits per heavy atom. The highest BCUT2D eigenvalue weighted by atomic mass is 16.5. The fraction of sp³-hybridized carbons (Fsp3) is 0.526. The van der Waals surface area contributed by atoms with Crippen LogP contribution in [0.3, 0.4) is 0 Å². The average molecular weight is 331 g/mol. The summed E-state index contributed by atoms with van der Waals surface area (Å²) in [6.45, 7) is 10.9. The van der Waals surface area contributed by atoms with E-state index in [9.17, 15) is 0 Å². The Morgan fingerprint density at radius 1 is 1.17 bits per heavy atom. The number of hydrogen-bond acceptors (Lipinski definition) is 4. The molecule has 0 aliphatic rings. The largest absolute Gasteiger partial charge is 0.493 e. The molecular weight excluding hydrogens is 302 g/mol. The van der Waals surface area contributed by atoms with Crippen molar-refractivity contribution >= 4 is 0 Å². The summed E-state index contributed by atoms with van der Waals surface area (Å²) in [4.78, 5) is 0. The zero-order chi connectivity index (χ0) is 17.5. The third-order valence-corrected chi connectivity index (χ3v) is 3.75. The van der Waals surface area contributed by atoms with Gasteiger partial charge in [-0.1, -0.05) is 6.07 Å². The molecule has 0 atom stereocenters. The number of nitrogens with one attached hydrogen (secondary N) is 1. The van der Waals surface area contributed by atoms with Crippen LogP contribution in [-0.2, 0) is 13.1 Å². The molecule has 2 rings (SSSR count). The van der Waals surface area contributed by atoms with Crippen molar-refractivity contribution in [3.05, 3.63) is 41.2 Å². The molecule has 0 fully saturated rings. The minimum atomic E-state index is 0.136. The molecule has 1 aromatic carbocycles. The molecule has 0 amide bonds. The number of rotatable bonds is 9. The maximum atomic E-state index is 5.74. The molecule has 0 spiro atoms. The monoisotopic (exact) mass is 331 g/mol. The van der Waals surface area contributed by atoms with E-state index in [4.69, 9.17) is 9.47 Å². The molecule has 2 aromatic rings. The van der Waals surface area contributed by atoms with Gasteiger partial charge < -0.3 is 14.8 Å². The third kappa shape index (κ3) is 5.27. The molecule has 0 saturated carbocycles. The van der Waals surface area contributed by atoms with Crippen molar-refractivity contribution in [1.82, 2.24) is 15.1 Å². The van der Waals surface area contributed by atoms with Crippen LogP contribution in [0.4, 0.5) is 0 Å². The number of aromatic nitrogens is 2. The Balaban J connectivity index is 1.78. The van der Waals surface area contributed by atoms with Crippen LogP contribution in [0.1, 0.15) is 37.2 Å². The minimum Gasteiger partial charge on any atom is -0.493 e. The second kappa shape index (κ2) is 8.73. The first-order chi connectivity index (χ1) is 11.5. The summed E-state index contributed by atoms with van der Waals surface area (Å²) >= 11 is 0. The normalized spacial score (nSPS) is 11.1. The van der Waals surface area contributed by atoms with Crippen LogP contribution in [-0.4, -0.2) is 29.5 Å². The van der Waals surface area contributed by atoms with E-state index >= 15 is 0 Å². The molecule has 1 N–H and O–H groups in total. The summed E-state index contributed by atoms with van der Waals surface area (Å²) in [5, 5.41) is 7.95. The van der Waals surface area contributed by atoms with Gasteiger partial charge >= 0.3 is 0 Å². The molecule has 24 heavy (non-hydrogen) atoms. The van der Waals surface area contributed by atoms with Crippen LogP contribution in [0.15, 0.2) is 24.3 Å². The van der Waals surface area contributed by atoms with Gasteiger partial charge in [-0.05, 0) is 64.4 Å². The molecule has 1 aromatic heterocycles. The fourth-order valence-electron chi connectivity index (χ4n) is 2.66. The van der Waals surface area contributed by atoms with Crippen LogP contribution >= 0.6 is 0 Å². The first-order valence-electron chi connectivity index (χ1n) is 8.55. The number of nitrogens with zero attached hydrogens (tertiary/aromatic N) is 2. The molecule has 5 heteroatoms. The predicted octanol–water partition coefficient (Wildman–Crippen LogP) is 3.48. The molecule has 0 radical (unpaired) electrons. The molecular formula is C19H29N3O2. The highest BCUT2D eigenvalue weighted by Crippen LogP contribution is 2.28. The summed E-state index contributed by atoms with van der Waals surface area (Å²) in [5.74, 6) is 1.58. The number of hydrogen-bond donors (Lipinski definition) is 1. The zero-order valence-electron chi connectivity index (χ0n) is 15.4. The minimum absolute atomic E-state index is 0.136. The lowest BCUT2D eigenvalue weighted by atomic mass is 10.2. The summed E-state index contributed by atoms with van der Waals surface area (Å²) in [6, 6.07) is 8.20. The van der Waals surface area contributed by atoms with Gasteiger partial charge in [-0.3, -0.25) is 4.68 Å². The molecule has 0 saturated heterocycles. The Hall–Kier alpha value is -2.01. The van der Waals surface area contributed by atoms with Crippen molar-refractivity contribution in [2.75, 3.05) is 13.7 Å². The van der Waals surface area contributed by atoms with Crippen molar-refractivity contribution in [3.8, 4) is 11.5 Å². The van der Waals surface area contributed by atoms with Gasteiger partial charge in [0.15, 0.2) is 11.5 Å². The number of aryl methyl sites for hydroxylation is 3. The Morgan fingerprint density at radius 2 is 1.96 bits per heavy atom. The molecule has 0 unspecified atom stereocenters. The summed E-state index contributed by atoms with van der Waals surface area (Å²) in [5.41, 5.74) is 3.49. The molecule has 0 aliphatic carbocycles. The van der Waals surface area contributed by atoms with E-state index in [1.165, 1.54) is 11.3 Å². The first-order valence-corrected chi connectivity index (χ1v) is 8.55. The highest BCUT2D eigenvalue weighted by Gasteiger charge is 2.07. The highest BCUT2D eigenvalue weighted by molar-refractivity contribution is 5.43. The standard InChI is InChI=1S/C19H29N3O2/c1-14(2)24-18-8-7-17(12-19(18)23-5)13-20-9-6-10-22-16(4)11-15(3)21-22/h7-8,11-12,14,20H,6,9-10,13H2,1-5H3. The van der Waals surface area contributed by atoms with Gasteiger partial charge in [-0.25, -0.2) is 0 Å². The van der Waals surface area contributed by atoms with Crippen LogP contribution in [0, 0.1) is 13.8 Å². The second-order valence-electron chi connectivity index (χ2n) is 6.33. The van der Waals surface area contributed by atoms with Crippen LogP contribution in [0.2, 0.25) is 0 Å². The van der Waals surface area contributed by atoms with Crippen LogP contribution in [0.5, 0.6) is 11.5 Å². The van der Waals surface area contributed by atoms with Gasteiger partial charge in [0.05, 0.1) is 18.9 Å². The van der Waals surface area contributed by atoms with Gasteiger partial charge in [0.1, 0.15) is 0 Å². The molecule has 132 valence electrons. The van der Waals surface area contributed by atoms with Crippen molar-refractivity contribution in [2.45, 2.75) is 53.3 Å². The average Bonchev–Trinajstić information content (AvgIpc) is 2.85. The summed E-state index contributed by atoms with van der Waals surface area (Å²) in [6.07, 6.45) is 1.19. The van der Waals surface area contributed by atoms with E-state index in [1.807, 2.05) is 32.9 Å². The van der Waals surface area contributed by atoms with E-state index in [-0.39, 0.29) is 6.10 Å². The Labute approximate surface area is 145 Å². The second-order valence-corrected chi connectivity index (χ2v) is 6.33. The zero-order valence-corrected chi connectivity index (χ0v) is 15.4. The van der Waals surface area contributed by atoms with Gasteiger partial charge in [0, 0.05) is 18.8 Å². The van der Waals surface area contributed by atoms with Crippen molar-refractivity contribution < 1.29 is 9.47 Å². The SMILES string of the molecule is COc1cc(CNCCCn2nc(C)cc2C)ccc1OC(C)C. The van der Waals surface area contributed by atoms with Crippen molar-refractivity contribution in [2.24, 2.45) is 0 Å². The van der Waals surface area contributed by atoms with Crippen molar-refractivity contribution in [1.29, 1.82) is 0 Å². The summed E-state index contributed by atoms with van der Waals surface area (Å²) < 4.78 is 13.2. The topological polar surface area (TPSA) is 48.3 Å². The number of methoxy groups -OCH3 is 1. The lowest BCUT2D eigenvalue weighted by Crippen LogP contribution is -2.17. The fourth-order valence-corrected chi connectivity index (χ4v) is 2.66. The molecule has 5 nitrogen and oxygen atoms in total. The van der Waals surface area contributed by atoms with Gasteiger partial charge in [0.2, 0.25) is 0 Å².